The second kappa shape index (κ2) is 10.8. The van der Waals surface area contributed by atoms with Crippen molar-refractivity contribution in [3.8, 4) is 17.1 Å². The Morgan fingerprint density at radius 3 is 2.55 bits per heavy atom. The molecule has 2 aromatic carbocycles. The first kappa shape index (κ1) is 26.9. The number of rotatable bonds is 7. The van der Waals surface area contributed by atoms with Crippen molar-refractivity contribution in [1.29, 1.82) is 0 Å². The quantitative estimate of drug-likeness (QED) is 0.338. The van der Waals surface area contributed by atoms with E-state index < -0.39 is 18.0 Å². The summed E-state index contributed by atoms with van der Waals surface area (Å²) in [6.07, 6.45) is 1.27. The highest BCUT2D eigenvalue weighted by Gasteiger charge is 2.33. The molecule has 40 heavy (non-hydrogen) atoms. The number of allylic oxidation sites excluding steroid dienone is 1. The molecular formula is C30H26N2O7S. The van der Waals surface area contributed by atoms with Crippen LogP contribution < -0.4 is 19.6 Å². The van der Waals surface area contributed by atoms with Gasteiger partial charge in [0.15, 0.2) is 4.80 Å². The van der Waals surface area contributed by atoms with Crippen LogP contribution in [0.4, 0.5) is 0 Å². The van der Waals surface area contributed by atoms with Gasteiger partial charge in [0.25, 0.3) is 5.56 Å². The van der Waals surface area contributed by atoms with E-state index in [1.165, 1.54) is 28.0 Å². The number of benzene rings is 2. The molecule has 0 bridgehead atoms. The number of hydrogen-bond acceptors (Lipinski definition) is 8. The summed E-state index contributed by atoms with van der Waals surface area (Å²) in [5, 5.41) is 9.29. The van der Waals surface area contributed by atoms with Crippen LogP contribution in [0.3, 0.4) is 0 Å². The molecule has 2 aromatic heterocycles. The van der Waals surface area contributed by atoms with Crippen molar-refractivity contribution in [3.05, 3.63) is 109 Å². The summed E-state index contributed by atoms with van der Waals surface area (Å²) in [5.41, 5.74) is 1.87. The molecule has 4 aromatic rings. The number of ether oxygens (including phenoxy) is 2. The molecule has 0 spiro atoms. The SMILES string of the molecule is COc1ccc(C2C(C(=O)OC(C)C)=C(C)N=c3s/c(=C\c4ccc(-c5cccc(C(=O)O)c5)o4)c(=O)n32)cc1. The van der Waals surface area contributed by atoms with Gasteiger partial charge in [0.1, 0.15) is 17.3 Å². The number of fused-ring (bicyclic) bond motifs is 1. The zero-order valence-electron chi connectivity index (χ0n) is 22.2. The molecule has 1 aliphatic rings. The Bertz CT molecular complexity index is 1820. The van der Waals surface area contributed by atoms with E-state index in [1.54, 1.807) is 70.4 Å². The van der Waals surface area contributed by atoms with Gasteiger partial charge in [-0.25, -0.2) is 14.6 Å². The summed E-state index contributed by atoms with van der Waals surface area (Å²) in [6, 6.07) is 16.3. The molecule has 9 nitrogen and oxygen atoms in total. The lowest BCUT2D eigenvalue weighted by molar-refractivity contribution is -0.143. The van der Waals surface area contributed by atoms with Crippen molar-refractivity contribution in [2.75, 3.05) is 7.11 Å². The number of methoxy groups -OCH3 is 1. The average Bonchev–Trinajstić information content (AvgIpc) is 3.52. The van der Waals surface area contributed by atoms with Gasteiger partial charge in [-0.3, -0.25) is 9.36 Å². The predicted molar refractivity (Wildman–Crippen MR) is 149 cm³/mol. The van der Waals surface area contributed by atoms with E-state index in [0.717, 1.165) is 0 Å². The lowest BCUT2D eigenvalue weighted by atomic mass is 9.96. The summed E-state index contributed by atoms with van der Waals surface area (Å²) in [6.45, 7) is 5.26. The number of thiazole rings is 1. The number of furan rings is 1. The Morgan fingerprint density at radius 1 is 1.12 bits per heavy atom. The summed E-state index contributed by atoms with van der Waals surface area (Å²) < 4.78 is 18.6. The van der Waals surface area contributed by atoms with E-state index in [-0.39, 0.29) is 22.8 Å². The summed E-state index contributed by atoms with van der Waals surface area (Å²) in [7, 11) is 1.57. The Balaban J connectivity index is 1.61. The molecular weight excluding hydrogens is 532 g/mol. The van der Waals surface area contributed by atoms with E-state index in [2.05, 4.69) is 4.99 Å². The van der Waals surface area contributed by atoms with Gasteiger partial charge in [-0.1, -0.05) is 35.6 Å². The Kier molecular flexibility index (Phi) is 7.27. The molecule has 0 fully saturated rings. The number of carboxylic acids is 1. The molecule has 0 saturated carbocycles. The lowest BCUT2D eigenvalue weighted by Crippen LogP contribution is -2.40. The smallest absolute Gasteiger partial charge is 0.338 e. The number of hydrogen-bond donors (Lipinski definition) is 1. The summed E-state index contributed by atoms with van der Waals surface area (Å²) in [5.74, 6) is -0.0469. The molecule has 0 saturated heterocycles. The van der Waals surface area contributed by atoms with Crippen LogP contribution in [-0.2, 0) is 9.53 Å². The fraction of sp³-hybridized carbons (Fsp3) is 0.200. The average molecular weight is 559 g/mol. The van der Waals surface area contributed by atoms with Crippen LogP contribution in [0.5, 0.6) is 5.75 Å². The standard InChI is InChI=1S/C30H26N2O7S/c1-16(2)38-29(36)25-17(3)31-30-32(26(25)18-8-10-21(37-4)11-9-18)27(33)24(40-30)15-22-12-13-23(39-22)19-6-5-7-20(14-19)28(34)35/h5-16,26H,1-4H3,(H,34,35)/b24-15-. The third-order valence-corrected chi connectivity index (χ3v) is 7.29. The van der Waals surface area contributed by atoms with Gasteiger partial charge >= 0.3 is 11.9 Å². The molecule has 0 amide bonds. The third-order valence-electron chi connectivity index (χ3n) is 6.31. The van der Waals surface area contributed by atoms with Crippen LogP contribution in [0.25, 0.3) is 17.4 Å². The molecule has 1 aliphatic heterocycles. The second-order valence-electron chi connectivity index (χ2n) is 9.40. The highest BCUT2D eigenvalue weighted by Crippen LogP contribution is 2.32. The normalized spacial score (nSPS) is 15.1. The van der Waals surface area contributed by atoms with Crippen molar-refractivity contribution in [2.45, 2.75) is 32.9 Å². The van der Waals surface area contributed by atoms with Crippen molar-refractivity contribution in [1.82, 2.24) is 4.57 Å². The number of carboxylic acid groups (broad SMARTS) is 1. The molecule has 5 rings (SSSR count). The van der Waals surface area contributed by atoms with Crippen molar-refractivity contribution < 1.29 is 28.6 Å². The molecule has 1 atom stereocenters. The molecule has 0 aliphatic carbocycles. The van der Waals surface area contributed by atoms with Crippen LogP contribution in [0.2, 0.25) is 0 Å². The highest BCUT2D eigenvalue weighted by atomic mass is 32.1. The minimum absolute atomic E-state index is 0.143. The number of aromatic nitrogens is 1. The van der Waals surface area contributed by atoms with Crippen LogP contribution in [-0.4, -0.2) is 34.8 Å². The molecule has 204 valence electrons. The van der Waals surface area contributed by atoms with E-state index in [9.17, 15) is 19.5 Å². The number of esters is 1. The topological polar surface area (TPSA) is 120 Å². The molecule has 3 heterocycles. The minimum atomic E-state index is -1.03. The number of carbonyl (C=O) groups excluding carboxylic acids is 1. The minimum Gasteiger partial charge on any atom is -0.497 e. The van der Waals surface area contributed by atoms with Crippen molar-refractivity contribution in [2.24, 2.45) is 4.99 Å². The van der Waals surface area contributed by atoms with Gasteiger partial charge in [-0.15, -0.1) is 0 Å². The zero-order valence-corrected chi connectivity index (χ0v) is 23.0. The largest absolute Gasteiger partial charge is 0.497 e. The maximum Gasteiger partial charge on any atom is 0.338 e. The Hall–Kier alpha value is -4.70. The van der Waals surface area contributed by atoms with Gasteiger partial charge in [-0.05, 0) is 62.7 Å². The fourth-order valence-corrected chi connectivity index (χ4v) is 5.51. The summed E-state index contributed by atoms with van der Waals surface area (Å²) in [4.78, 5) is 43.4. The van der Waals surface area contributed by atoms with Crippen LogP contribution in [0.15, 0.2) is 86.1 Å². The first-order chi connectivity index (χ1) is 19.2. The number of carbonyl (C=O) groups is 2. The maximum atomic E-state index is 13.8. The van der Waals surface area contributed by atoms with Crippen molar-refractivity contribution >= 4 is 29.4 Å². The Labute approximate surface area is 232 Å². The van der Waals surface area contributed by atoms with E-state index in [0.29, 0.717) is 43.4 Å². The predicted octanol–water partition coefficient (Wildman–Crippen LogP) is 4.15. The highest BCUT2D eigenvalue weighted by molar-refractivity contribution is 7.07. The van der Waals surface area contributed by atoms with Crippen LogP contribution >= 0.6 is 11.3 Å². The summed E-state index contributed by atoms with van der Waals surface area (Å²) >= 11 is 1.19. The lowest BCUT2D eigenvalue weighted by Gasteiger charge is -2.25. The van der Waals surface area contributed by atoms with Crippen LogP contribution in [0.1, 0.15) is 48.5 Å². The zero-order chi connectivity index (χ0) is 28.6. The first-order valence-electron chi connectivity index (χ1n) is 12.5. The Morgan fingerprint density at radius 2 is 1.88 bits per heavy atom. The molecule has 1 N–H and O–H groups in total. The monoisotopic (exact) mass is 558 g/mol. The molecule has 10 heteroatoms. The third kappa shape index (κ3) is 5.13. The number of nitrogens with zero attached hydrogens (tertiary/aromatic N) is 2. The van der Waals surface area contributed by atoms with E-state index in [4.69, 9.17) is 13.9 Å². The molecule has 1 unspecified atom stereocenters. The van der Waals surface area contributed by atoms with Gasteiger partial charge in [0.05, 0.1) is 40.6 Å². The van der Waals surface area contributed by atoms with Gasteiger partial charge in [0.2, 0.25) is 0 Å². The first-order valence-corrected chi connectivity index (χ1v) is 13.3. The molecule has 0 radical (unpaired) electrons. The van der Waals surface area contributed by atoms with E-state index >= 15 is 0 Å². The van der Waals surface area contributed by atoms with E-state index in [1.807, 2.05) is 12.1 Å². The maximum absolute atomic E-state index is 13.8. The van der Waals surface area contributed by atoms with Gasteiger partial charge in [-0.2, -0.15) is 0 Å². The number of aromatic carboxylic acids is 1. The van der Waals surface area contributed by atoms with Crippen LogP contribution in [0, 0.1) is 0 Å². The fourth-order valence-electron chi connectivity index (χ4n) is 4.48. The van der Waals surface area contributed by atoms with Gasteiger partial charge in [0, 0.05) is 11.6 Å². The second-order valence-corrected chi connectivity index (χ2v) is 10.4. The van der Waals surface area contributed by atoms with Gasteiger partial charge < -0.3 is 19.0 Å². The van der Waals surface area contributed by atoms with Crippen molar-refractivity contribution in [3.63, 3.8) is 0 Å².